The number of carbonyl (C=O) groups excluding carboxylic acids is 1. The predicted molar refractivity (Wildman–Crippen MR) is 108 cm³/mol. The molecule has 28 heavy (non-hydrogen) atoms. The quantitative estimate of drug-likeness (QED) is 0.603. The van der Waals surface area contributed by atoms with Gasteiger partial charge in [0.15, 0.2) is 6.10 Å². The molecule has 0 fully saturated rings. The number of nitrogens with zero attached hydrogens (tertiary/aromatic N) is 2. The summed E-state index contributed by atoms with van der Waals surface area (Å²) >= 11 is 5.97. The summed E-state index contributed by atoms with van der Waals surface area (Å²) in [7, 11) is 0. The first-order valence-corrected chi connectivity index (χ1v) is 9.22. The van der Waals surface area contributed by atoms with Crippen molar-refractivity contribution in [1.29, 1.82) is 0 Å². The molecule has 1 heterocycles. The molecule has 146 valence electrons. The summed E-state index contributed by atoms with van der Waals surface area (Å²) in [6.07, 6.45) is -0.430. The topological polar surface area (TPSA) is 89.3 Å². The molecule has 0 aliphatic rings. The number of carbonyl (C=O) groups is 1. The minimum atomic E-state index is -0.430. The molecule has 7 nitrogen and oxygen atoms in total. The van der Waals surface area contributed by atoms with Crippen molar-refractivity contribution < 1.29 is 14.1 Å². The molecule has 2 N–H and O–H groups in total. The van der Waals surface area contributed by atoms with Crippen molar-refractivity contribution in [3.63, 3.8) is 0 Å². The lowest BCUT2D eigenvalue weighted by Gasteiger charge is -2.10. The van der Waals surface area contributed by atoms with Crippen molar-refractivity contribution in [2.45, 2.75) is 32.9 Å². The highest BCUT2D eigenvalue weighted by Gasteiger charge is 2.17. The largest absolute Gasteiger partial charge is 0.481 e. The Hall–Kier alpha value is -3.06. The van der Waals surface area contributed by atoms with E-state index in [1.54, 1.807) is 36.4 Å². The van der Waals surface area contributed by atoms with E-state index in [4.69, 9.17) is 20.9 Å². The van der Waals surface area contributed by atoms with E-state index in [1.807, 2.05) is 32.9 Å². The van der Waals surface area contributed by atoms with Crippen LogP contribution in [-0.4, -0.2) is 22.2 Å². The number of rotatable bonds is 6. The molecular weight excluding hydrogens is 380 g/mol. The van der Waals surface area contributed by atoms with Gasteiger partial charge in [0.05, 0.1) is 0 Å². The van der Waals surface area contributed by atoms with Crippen molar-refractivity contribution in [3.8, 4) is 17.1 Å². The molecule has 2 amide bonds. The second-order valence-electron chi connectivity index (χ2n) is 6.50. The van der Waals surface area contributed by atoms with Crippen molar-refractivity contribution in [2.24, 2.45) is 0 Å². The van der Waals surface area contributed by atoms with Crippen LogP contribution >= 0.6 is 11.6 Å². The van der Waals surface area contributed by atoms with E-state index in [-0.39, 0.29) is 12.1 Å². The fraction of sp³-hybridized carbons (Fsp3) is 0.250. The van der Waals surface area contributed by atoms with Gasteiger partial charge in [-0.2, -0.15) is 4.98 Å². The van der Waals surface area contributed by atoms with Crippen LogP contribution in [0.2, 0.25) is 5.02 Å². The molecule has 1 unspecified atom stereocenters. The number of nitrogens with one attached hydrogen (secondary N) is 2. The zero-order chi connectivity index (χ0) is 20.1. The van der Waals surface area contributed by atoms with Crippen LogP contribution in [0.1, 0.15) is 32.8 Å². The van der Waals surface area contributed by atoms with Gasteiger partial charge in [0, 0.05) is 22.3 Å². The number of aromatic nitrogens is 2. The number of halogens is 1. The van der Waals surface area contributed by atoms with Crippen LogP contribution in [0.4, 0.5) is 10.5 Å². The Morgan fingerprint density at radius 1 is 1.14 bits per heavy atom. The minimum absolute atomic E-state index is 0.0631. The maximum Gasteiger partial charge on any atom is 0.319 e. The van der Waals surface area contributed by atoms with Crippen LogP contribution in [0.5, 0.6) is 5.75 Å². The number of benzene rings is 2. The standard InChI is InChI=1S/C20H21ClN4O3/c1-12(2)22-20(26)23-16-9-7-14(8-10-16)18-24-19(28-25-18)13(3)27-17-6-4-5-15(21)11-17/h4-13H,1-3H3,(H2,22,23,26). The summed E-state index contributed by atoms with van der Waals surface area (Å²) in [5.41, 5.74) is 1.43. The van der Waals surface area contributed by atoms with Gasteiger partial charge in [0.25, 0.3) is 5.89 Å². The number of hydrogen-bond donors (Lipinski definition) is 2. The first kappa shape index (κ1) is 19.7. The van der Waals surface area contributed by atoms with E-state index >= 15 is 0 Å². The highest BCUT2D eigenvalue weighted by molar-refractivity contribution is 6.30. The van der Waals surface area contributed by atoms with E-state index < -0.39 is 6.10 Å². The molecule has 2 aromatic carbocycles. The Morgan fingerprint density at radius 2 is 1.89 bits per heavy atom. The molecule has 3 rings (SSSR count). The maximum atomic E-state index is 11.7. The molecular formula is C20H21ClN4O3. The Labute approximate surface area is 168 Å². The van der Waals surface area contributed by atoms with Gasteiger partial charge in [0.2, 0.25) is 5.82 Å². The summed E-state index contributed by atoms with van der Waals surface area (Å²) in [6.45, 7) is 5.61. The molecule has 0 aliphatic carbocycles. The third kappa shape index (κ3) is 5.23. The SMILES string of the molecule is CC(C)NC(=O)Nc1ccc(-c2noc(C(C)Oc3cccc(Cl)c3)n2)cc1. The second kappa shape index (κ2) is 8.75. The van der Waals surface area contributed by atoms with Crippen molar-refractivity contribution in [3.05, 3.63) is 59.4 Å². The van der Waals surface area contributed by atoms with Gasteiger partial charge >= 0.3 is 6.03 Å². The summed E-state index contributed by atoms with van der Waals surface area (Å²) in [5.74, 6) is 1.41. The average Bonchev–Trinajstić information content (AvgIpc) is 3.12. The fourth-order valence-corrected chi connectivity index (χ4v) is 2.62. The normalized spacial score (nSPS) is 11.9. The Bertz CT molecular complexity index is 941. The Morgan fingerprint density at radius 3 is 2.57 bits per heavy atom. The van der Waals surface area contributed by atoms with Gasteiger partial charge in [-0.3, -0.25) is 0 Å². The smallest absolute Gasteiger partial charge is 0.319 e. The molecule has 0 radical (unpaired) electrons. The monoisotopic (exact) mass is 400 g/mol. The van der Waals surface area contributed by atoms with E-state index in [0.717, 1.165) is 5.56 Å². The van der Waals surface area contributed by atoms with Gasteiger partial charge in [0.1, 0.15) is 5.75 Å². The Balaban J connectivity index is 1.65. The molecule has 0 aliphatic heterocycles. The van der Waals surface area contributed by atoms with Crippen LogP contribution in [0, 0.1) is 0 Å². The number of ether oxygens (including phenoxy) is 1. The maximum absolute atomic E-state index is 11.7. The highest BCUT2D eigenvalue weighted by atomic mass is 35.5. The molecule has 1 atom stereocenters. The summed E-state index contributed by atoms with van der Waals surface area (Å²) in [4.78, 5) is 16.1. The number of hydrogen-bond acceptors (Lipinski definition) is 5. The van der Waals surface area contributed by atoms with Gasteiger partial charge in [-0.1, -0.05) is 22.8 Å². The summed E-state index contributed by atoms with van der Waals surface area (Å²) in [5, 5.41) is 10.1. The first-order valence-electron chi connectivity index (χ1n) is 8.84. The van der Waals surface area contributed by atoms with Crippen LogP contribution in [0.25, 0.3) is 11.4 Å². The highest BCUT2D eigenvalue weighted by Crippen LogP contribution is 2.25. The zero-order valence-electron chi connectivity index (χ0n) is 15.8. The van der Waals surface area contributed by atoms with Crippen molar-refractivity contribution in [1.82, 2.24) is 15.5 Å². The van der Waals surface area contributed by atoms with Gasteiger partial charge < -0.3 is 19.9 Å². The summed E-state index contributed by atoms with van der Waals surface area (Å²) in [6, 6.07) is 14.1. The molecule has 3 aromatic rings. The third-order valence-corrected chi connectivity index (χ3v) is 3.95. The molecule has 8 heteroatoms. The third-order valence-electron chi connectivity index (χ3n) is 3.72. The molecule has 0 spiro atoms. The second-order valence-corrected chi connectivity index (χ2v) is 6.94. The van der Waals surface area contributed by atoms with E-state index in [2.05, 4.69) is 20.8 Å². The lowest BCUT2D eigenvalue weighted by Crippen LogP contribution is -2.34. The molecule has 0 saturated heterocycles. The van der Waals surface area contributed by atoms with E-state index in [9.17, 15) is 4.79 Å². The first-order chi connectivity index (χ1) is 13.4. The number of anilines is 1. The fourth-order valence-electron chi connectivity index (χ4n) is 2.44. The number of amides is 2. The van der Waals surface area contributed by atoms with E-state index in [1.165, 1.54) is 0 Å². The van der Waals surface area contributed by atoms with Gasteiger partial charge in [-0.25, -0.2) is 4.79 Å². The molecule has 0 saturated carbocycles. The minimum Gasteiger partial charge on any atom is -0.481 e. The predicted octanol–water partition coefficient (Wildman–Crippen LogP) is 5.06. The van der Waals surface area contributed by atoms with E-state index in [0.29, 0.717) is 28.2 Å². The van der Waals surface area contributed by atoms with Crippen LogP contribution in [0.3, 0.4) is 0 Å². The average molecular weight is 401 g/mol. The van der Waals surface area contributed by atoms with Crippen molar-refractivity contribution in [2.75, 3.05) is 5.32 Å². The lowest BCUT2D eigenvalue weighted by atomic mass is 10.2. The van der Waals surface area contributed by atoms with Gasteiger partial charge in [-0.05, 0) is 63.2 Å². The number of urea groups is 1. The molecule has 1 aromatic heterocycles. The zero-order valence-corrected chi connectivity index (χ0v) is 16.5. The van der Waals surface area contributed by atoms with Crippen LogP contribution in [0.15, 0.2) is 53.1 Å². The van der Waals surface area contributed by atoms with Crippen LogP contribution < -0.4 is 15.4 Å². The van der Waals surface area contributed by atoms with Crippen molar-refractivity contribution >= 4 is 23.3 Å². The molecule has 0 bridgehead atoms. The lowest BCUT2D eigenvalue weighted by molar-refractivity contribution is 0.176. The summed E-state index contributed by atoms with van der Waals surface area (Å²) < 4.78 is 11.1. The van der Waals surface area contributed by atoms with Crippen LogP contribution in [-0.2, 0) is 0 Å². The Kier molecular flexibility index (Phi) is 6.16. The van der Waals surface area contributed by atoms with Gasteiger partial charge in [-0.15, -0.1) is 0 Å².